The molecule has 0 aliphatic rings. The number of hydrogen-bond donors (Lipinski definition) is 0. The van der Waals surface area contributed by atoms with Crippen molar-refractivity contribution >= 4 is 138 Å². The van der Waals surface area contributed by atoms with Crippen molar-refractivity contribution in [3.05, 3.63) is 146 Å². The molecule has 0 N–H and O–H groups in total. The van der Waals surface area contributed by atoms with Gasteiger partial charge in [-0.3, -0.25) is 0 Å². The van der Waals surface area contributed by atoms with Crippen LogP contribution in [0.5, 0.6) is 0 Å². The first kappa shape index (κ1) is 40.4. The summed E-state index contributed by atoms with van der Waals surface area (Å²) in [4.78, 5) is 5.11. The number of rotatable bonds is 10. The molecule has 0 saturated heterocycles. The molecular weight excluding hydrogens is 931 g/mol. The number of hydrogen-bond acceptors (Lipinski definition) is 2. The average molecular weight is 989 g/mol. The van der Waals surface area contributed by atoms with Crippen molar-refractivity contribution in [1.82, 2.24) is 0 Å². The van der Waals surface area contributed by atoms with Gasteiger partial charge in [0, 0.05) is 0 Å². The summed E-state index contributed by atoms with van der Waals surface area (Å²) in [6.45, 7) is 0. The summed E-state index contributed by atoms with van der Waals surface area (Å²) in [5, 5.41) is 7.83. The van der Waals surface area contributed by atoms with Crippen LogP contribution in [0.25, 0.3) is 32.3 Å². The van der Waals surface area contributed by atoms with Gasteiger partial charge in [0.15, 0.2) is 0 Å². The SMILES string of the molecule is [CH3][GeH]([CH3])[c]1cc(N(c2ccccc2)c2ccc3ccc4c(N(c5ccccc5)c5c[c]([Ge]([CH3])([CH3])[CH3])c[c]([Ge]([CH3])([CH3])[CH3])c5)ccc5ccc2c3c54)c[c]([Ge]([CH3])([CH3])[CH3])c1. The maximum atomic E-state index is 2.59. The summed E-state index contributed by atoms with van der Waals surface area (Å²) in [5.41, 5.74) is 7.45. The van der Waals surface area contributed by atoms with E-state index in [0.29, 0.717) is 0 Å². The fourth-order valence-electron chi connectivity index (χ4n) is 8.31. The summed E-state index contributed by atoms with van der Waals surface area (Å²) < 4.78 is 6.34. The van der Waals surface area contributed by atoms with E-state index in [1.165, 1.54) is 66.4 Å². The van der Waals surface area contributed by atoms with Gasteiger partial charge in [0.25, 0.3) is 0 Å². The van der Waals surface area contributed by atoms with E-state index in [9.17, 15) is 0 Å². The summed E-state index contributed by atoms with van der Waals surface area (Å²) in [7, 11) is 0. The molecule has 0 bridgehead atoms. The minimum atomic E-state index is -2.20. The van der Waals surface area contributed by atoms with E-state index in [0.717, 1.165) is 0 Å². The van der Waals surface area contributed by atoms with Gasteiger partial charge in [-0.25, -0.2) is 0 Å². The summed E-state index contributed by atoms with van der Waals surface area (Å²) in [6.07, 6.45) is 0. The summed E-state index contributed by atoms with van der Waals surface area (Å²) >= 11 is -8.17. The molecule has 0 aliphatic carbocycles. The summed E-state index contributed by atoms with van der Waals surface area (Å²) in [6, 6.07) is 56.4. The van der Waals surface area contributed by atoms with Crippen LogP contribution in [0.15, 0.2) is 146 Å². The van der Waals surface area contributed by atoms with Gasteiger partial charge in [0.05, 0.1) is 0 Å². The number of anilines is 6. The van der Waals surface area contributed by atoms with Crippen molar-refractivity contribution in [2.24, 2.45) is 0 Å². The Labute approximate surface area is 353 Å². The van der Waals surface area contributed by atoms with Crippen molar-refractivity contribution in [3.63, 3.8) is 0 Å². The van der Waals surface area contributed by atoms with Gasteiger partial charge in [0.2, 0.25) is 0 Å². The van der Waals surface area contributed by atoms with E-state index in [1.807, 2.05) is 0 Å². The molecule has 0 aromatic heterocycles. The number of nitrogens with zero attached hydrogens (tertiary/aromatic N) is 2. The topological polar surface area (TPSA) is 6.48 Å². The fraction of sp³-hybridized carbons (Fsp3) is 0.216. The Kier molecular flexibility index (Phi) is 10.8. The molecule has 288 valence electrons. The van der Waals surface area contributed by atoms with Crippen LogP contribution in [0.2, 0.25) is 63.3 Å². The predicted octanol–water partition coefficient (Wildman–Crippen LogP) is 12.9. The molecule has 0 unspecified atom stereocenters. The van der Waals surface area contributed by atoms with Crippen molar-refractivity contribution < 1.29 is 0 Å². The van der Waals surface area contributed by atoms with Gasteiger partial charge >= 0.3 is 357 Å². The quantitative estimate of drug-likeness (QED) is 0.0995. The van der Waals surface area contributed by atoms with Crippen molar-refractivity contribution in [1.29, 1.82) is 0 Å². The monoisotopic (exact) mass is 994 g/mol. The van der Waals surface area contributed by atoms with Crippen LogP contribution in [0.4, 0.5) is 34.1 Å². The Bertz CT molecular complexity index is 2690. The van der Waals surface area contributed by atoms with Crippen LogP contribution in [0, 0.1) is 0 Å². The van der Waals surface area contributed by atoms with Crippen LogP contribution in [-0.2, 0) is 0 Å². The standard InChI is InChI=1S/C51H58Ge4N2/c1-52(2)38-30-39(53(3,4)5)33-44(31-38)56(42-18-14-12-15-19-42)48-28-24-36-23-27-47-49(29-25-37-22-26-46(48)50(36)51(37)47)57(43-20-16-13-17-21-43)45-34-40(54(6,7)8)32-41(35-45)55(9,10)11/h12-35,52H,1-11H3. The van der Waals surface area contributed by atoms with Gasteiger partial charge in [-0.05, 0) is 0 Å². The maximum absolute atomic E-state index is 2.59. The molecule has 57 heavy (non-hydrogen) atoms. The zero-order valence-corrected chi connectivity index (χ0v) is 44.5. The molecule has 0 saturated carbocycles. The molecule has 0 radical (unpaired) electrons. The zero-order valence-electron chi connectivity index (χ0n) is 35.8. The van der Waals surface area contributed by atoms with Gasteiger partial charge in [-0.15, -0.1) is 0 Å². The molecule has 8 aromatic rings. The first-order valence-electron chi connectivity index (χ1n) is 20.7. The molecule has 0 amide bonds. The molecule has 0 spiro atoms. The molecule has 2 nitrogen and oxygen atoms in total. The van der Waals surface area contributed by atoms with Gasteiger partial charge in [0.1, 0.15) is 0 Å². The van der Waals surface area contributed by atoms with Gasteiger partial charge in [-0.2, -0.15) is 0 Å². The second kappa shape index (κ2) is 15.3. The predicted molar refractivity (Wildman–Crippen MR) is 267 cm³/mol. The van der Waals surface area contributed by atoms with Crippen molar-refractivity contribution in [3.8, 4) is 0 Å². The van der Waals surface area contributed by atoms with Crippen LogP contribution in [0.1, 0.15) is 0 Å². The molecular formula is C51H58Ge4N2. The van der Waals surface area contributed by atoms with Crippen LogP contribution in [0.3, 0.4) is 0 Å². The Balaban J connectivity index is 1.42. The Morgan fingerprint density at radius 2 is 0.737 bits per heavy atom. The van der Waals surface area contributed by atoms with E-state index < -0.39 is 54.1 Å². The normalized spacial score (nSPS) is 12.6. The van der Waals surface area contributed by atoms with Gasteiger partial charge < -0.3 is 0 Å². The third kappa shape index (κ3) is 7.89. The molecule has 0 fully saturated rings. The summed E-state index contributed by atoms with van der Waals surface area (Å²) in [5.74, 6) is 27.8. The van der Waals surface area contributed by atoms with E-state index in [-0.39, 0.29) is 0 Å². The molecule has 0 aliphatic heterocycles. The fourth-order valence-corrected chi connectivity index (χ4v) is 19.2. The molecule has 8 rings (SSSR count). The van der Waals surface area contributed by atoms with E-state index in [2.05, 4.69) is 219 Å². The molecule has 6 heteroatoms. The minimum absolute atomic E-state index is 1.20. The zero-order chi connectivity index (χ0) is 40.4. The van der Waals surface area contributed by atoms with E-state index in [4.69, 9.17) is 0 Å². The molecule has 0 atom stereocenters. The Morgan fingerprint density at radius 3 is 1.12 bits per heavy atom. The molecule has 8 aromatic carbocycles. The van der Waals surface area contributed by atoms with Crippen LogP contribution in [-0.4, -0.2) is 54.1 Å². The number of para-hydroxylation sites is 2. The second-order valence-electron chi connectivity index (χ2n) is 19.4. The number of benzene rings is 8. The third-order valence-electron chi connectivity index (χ3n) is 11.8. The third-order valence-corrected chi connectivity index (χ3v) is 28.0. The first-order chi connectivity index (χ1) is 27.0. The van der Waals surface area contributed by atoms with Crippen LogP contribution >= 0.6 is 0 Å². The van der Waals surface area contributed by atoms with Gasteiger partial charge in [-0.1, -0.05) is 0 Å². The molecule has 0 heterocycles. The first-order valence-corrected chi connectivity index (χ1v) is 48.8. The Morgan fingerprint density at radius 1 is 0.368 bits per heavy atom. The van der Waals surface area contributed by atoms with Crippen LogP contribution < -0.4 is 27.4 Å². The van der Waals surface area contributed by atoms with Crippen molar-refractivity contribution in [2.75, 3.05) is 9.80 Å². The van der Waals surface area contributed by atoms with E-state index in [1.54, 1.807) is 17.6 Å². The Hall–Kier alpha value is -3.43. The van der Waals surface area contributed by atoms with E-state index >= 15 is 0 Å². The van der Waals surface area contributed by atoms with Crippen molar-refractivity contribution in [2.45, 2.75) is 63.3 Å². The second-order valence-corrected chi connectivity index (χ2v) is 57.6. The average Bonchev–Trinajstić information content (AvgIpc) is 3.17.